The lowest BCUT2D eigenvalue weighted by molar-refractivity contribution is -0.0482. The third kappa shape index (κ3) is 3.95. The Morgan fingerprint density at radius 2 is 1.91 bits per heavy atom. The van der Waals surface area contributed by atoms with Gasteiger partial charge in [-0.25, -0.2) is 9.67 Å². The lowest BCUT2D eigenvalue weighted by Crippen LogP contribution is -2.26. The molecule has 0 unspecified atom stereocenters. The van der Waals surface area contributed by atoms with Gasteiger partial charge in [-0.1, -0.05) is 15.9 Å². The van der Waals surface area contributed by atoms with Gasteiger partial charge in [0.1, 0.15) is 5.82 Å². The molecule has 0 aliphatic carbocycles. The second kappa shape index (κ2) is 8.31. The number of anilines is 1. The highest BCUT2D eigenvalue weighted by Gasteiger charge is 2.35. The zero-order valence-electron chi connectivity index (χ0n) is 17.4. The first-order valence-corrected chi connectivity index (χ1v) is 10.6. The zero-order chi connectivity index (χ0) is 23.0. The number of nitrogens with one attached hydrogen (secondary N) is 1. The summed E-state index contributed by atoms with van der Waals surface area (Å²) in [4.78, 5) is 16.8. The van der Waals surface area contributed by atoms with Crippen molar-refractivity contribution in [2.45, 2.75) is 26.4 Å². The molecule has 6 nitrogen and oxygen atoms in total. The second-order valence-electron chi connectivity index (χ2n) is 7.49. The van der Waals surface area contributed by atoms with Crippen molar-refractivity contribution in [1.29, 1.82) is 0 Å². The molecule has 0 spiro atoms. The number of rotatable bonds is 5. The van der Waals surface area contributed by atoms with Crippen molar-refractivity contribution in [3.8, 4) is 0 Å². The summed E-state index contributed by atoms with van der Waals surface area (Å²) in [6.45, 7) is 4.12. The van der Waals surface area contributed by atoms with Crippen LogP contribution < -0.4 is 11.1 Å². The van der Waals surface area contributed by atoms with E-state index >= 15 is 0 Å². The van der Waals surface area contributed by atoms with Gasteiger partial charge in [0, 0.05) is 34.4 Å². The Hall–Kier alpha value is -3.33. The Morgan fingerprint density at radius 3 is 2.62 bits per heavy atom. The molecule has 9 heteroatoms. The van der Waals surface area contributed by atoms with E-state index < -0.39 is 12.0 Å². The summed E-state index contributed by atoms with van der Waals surface area (Å²) in [5.41, 5.74) is 8.66. The van der Waals surface area contributed by atoms with Gasteiger partial charge >= 0.3 is 6.05 Å². The number of benzene rings is 2. The predicted molar refractivity (Wildman–Crippen MR) is 122 cm³/mol. The fourth-order valence-electron chi connectivity index (χ4n) is 3.65. The average Bonchev–Trinajstić information content (AvgIpc) is 3.26. The first-order chi connectivity index (χ1) is 15.2. The van der Waals surface area contributed by atoms with Crippen LogP contribution >= 0.6 is 15.9 Å². The molecule has 0 aliphatic rings. The van der Waals surface area contributed by atoms with Gasteiger partial charge in [0.2, 0.25) is 0 Å². The maximum atomic E-state index is 14.8. The molecule has 0 fully saturated rings. The van der Waals surface area contributed by atoms with Gasteiger partial charge in [0.05, 0.1) is 11.8 Å². The smallest absolute Gasteiger partial charge is 0.370 e. The number of hydrogen-bond donors (Lipinski definition) is 2. The molecule has 2 heterocycles. The monoisotopic (exact) mass is 499 g/mol. The Bertz CT molecular complexity index is 1320. The Kier molecular flexibility index (Phi) is 5.68. The fourth-order valence-corrected chi connectivity index (χ4v) is 3.91. The molecule has 0 bridgehead atoms. The second-order valence-corrected chi connectivity index (χ2v) is 8.41. The Balaban J connectivity index is 1.54. The van der Waals surface area contributed by atoms with Crippen molar-refractivity contribution in [1.82, 2.24) is 20.1 Å². The van der Waals surface area contributed by atoms with Crippen LogP contribution in [-0.4, -0.2) is 20.7 Å². The van der Waals surface area contributed by atoms with E-state index in [9.17, 15) is 13.6 Å². The van der Waals surface area contributed by atoms with E-state index in [0.717, 1.165) is 39.9 Å². The van der Waals surface area contributed by atoms with Gasteiger partial charge in [-0.15, -0.1) is 0 Å². The van der Waals surface area contributed by atoms with Crippen LogP contribution in [0.5, 0.6) is 0 Å². The maximum Gasteiger partial charge on any atom is 0.370 e. The van der Waals surface area contributed by atoms with E-state index in [1.165, 1.54) is 24.3 Å². The summed E-state index contributed by atoms with van der Waals surface area (Å²) in [5, 5.41) is 8.33. The molecular weight excluding hydrogens is 480 g/mol. The minimum atomic E-state index is -3.39. The van der Waals surface area contributed by atoms with Crippen LogP contribution in [0.3, 0.4) is 0 Å². The van der Waals surface area contributed by atoms with Crippen LogP contribution in [0.25, 0.3) is 10.8 Å². The molecule has 4 aromatic rings. The first kappa shape index (κ1) is 21.9. The number of pyridine rings is 1. The number of fused-ring (bicyclic) bond motifs is 1. The SMILES string of the molecule is Cc1cc2c(N)nccc2c(C)c1CNC(=O)c1cnn(C(F)(F)c2ccc(Br)cc2)c1. The van der Waals surface area contributed by atoms with E-state index in [2.05, 4.69) is 31.3 Å². The quantitative estimate of drug-likeness (QED) is 0.408. The molecule has 32 heavy (non-hydrogen) atoms. The van der Waals surface area contributed by atoms with Gasteiger partial charge in [0.15, 0.2) is 0 Å². The molecule has 0 saturated heterocycles. The lowest BCUT2D eigenvalue weighted by atomic mass is 9.96. The standard InChI is InChI=1S/C23H20BrF2N5O/c1-13-9-19-18(7-8-28-21(19)27)14(2)20(13)11-29-22(32)15-10-30-31(12-15)23(25,26)16-3-5-17(24)6-4-16/h3-10,12H,11H2,1-2H3,(H2,27,28)(H,29,32). The fraction of sp³-hybridized carbons (Fsp3) is 0.174. The summed E-state index contributed by atoms with van der Waals surface area (Å²) >= 11 is 3.23. The summed E-state index contributed by atoms with van der Waals surface area (Å²) in [7, 11) is 0. The van der Waals surface area contributed by atoms with Crippen molar-refractivity contribution < 1.29 is 13.6 Å². The van der Waals surface area contributed by atoms with Crippen LogP contribution in [0.1, 0.15) is 32.6 Å². The third-order valence-electron chi connectivity index (χ3n) is 5.46. The van der Waals surface area contributed by atoms with E-state index in [1.807, 2.05) is 26.0 Å². The highest BCUT2D eigenvalue weighted by molar-refractivity contribution is 9.10. The number of carbonyl (C=O) groups is 1. The van der Waals surface area contributed by atoms with Gasteiger partial charge in [-0.2, -0.15) is 13.9 Å². The molecule has 3 N–H and O–H groups in total. The number of alkyl halides is 2. The average molecular weight is 500 g/mol. The number of aromatic nitrogens is 3. The molecular formula is C23H20BrF2N5O. The van der Waals surface area contributed by atoms with Crippen molar-refractivity contribution in [3.63, 3.8) is 0 Å². The summed E-state index contributed by atoms with van der Waals surface area (Å²) in [6, 6.07) is 6.08. The molecule has 0 atom stereocenters. The molecule has 1 amide bonds. The van der Waals surface area contributed by atoms with Crippen LogP contribution in [-0.2, 0) is 12.6 Å². The highest BCUT2D eigenvalue weighted by Crippen LogP contribution is 2.31. The van der Waals surface area contributed by atoms with Crippen molar-refractivity contribution >= 4 is 38.4 Å². The van der Waals surface area contributed by atoms with E-state index in [1.54, 1.807) is 6.20 Å². The van der Waals surface area contributed by atoms with Crippen LogP contribution in [0.2, 0.25) is 0 Å². The maximum absolute atomic E-state index is 14.8. The molecule has 4 rings (SSSR count). The lowest BCUT2D eigenvalue weighted by Gasteiger charge is -2.17. The normalized spacial score (nSPS) is 11.7. The van der Waals surface area contributed by atoms with Gasteiger partial charge < -0.3 is 11.1 Å². The number of nitrogens with zero attached hydrogens (tertiary/aromatic N) is 3. The van der Waals surface area contributed by atoms with Crippen molar-refractivity contribution in [2.24, 2.45) is 0 Å². The number of nitrogens with two attached hydrogens (primary N) is 1. The number of hydrogen-bond acceptors (Lipinski definition) is 4. The van der Waals surface area contributed by atoms with Gasteiger partial charge in [-0.3, -0.25) is 4.79 Å². The van der Waals surface area contributed by atoms with Crippen LogP contribution in [0, 0.1) is 13.8 Å². The van der Waals surface area contributed by atoms with Crippen molar-refractivity contribution in [2.75, 3.05) is 5.73 Å². The minimum absolute atomic E-state index is 0.0475. The number of aryl methyl sites for hydroxylation is 2. The minimum Gasteiger partial charge on any atom is -0.383 e. The Labute approximate surface area is 191 Å². The number of halogens is 3. The molecule has 2 aromatic carbocycles. The molecule has 0 aliphatic heterocycles. The molecule has 0 saturated carbocycles. The Morgan fingerprint density at radius 1 is 1.19 bits per heavy atom. The van der Waals surface area contributed by atoms with Crippen molar-refractivity contribution in [3.05, 3.63) is 87.3 Å². The third-order valence-corrected chi connectivity index (χ3v) is 5.99. The van der Waals surface area contributed by atoms with Gasteiger partial charge in [-0.05, 0) is 72.3 Å². The number of carbonyl (C=O) groups excluding carboxylic acids is 1. The first-order valence-electron chi connectivity index (χ1n) is 9.79. The zero-order valence-corrected chi connectivity index (χ0v) is 19.0. The van der Waals surface area contributed by atoms with Crippen LogP contribution in [0.15, 0.2) is 59.5 Å². The topological polar surface area (TPSA) is 85.8 Å². The van der Waals surface area contributed by atoms with E-state index in [0.29, 0.717) is 15.0 Å². The van der Waals surface area contributed by atoms with Crippen LogP contribution in [0.4, 0.5) is 14.6 Å². The van der Waals surface area contributed by atoms with E-state index in [-0.39, 0.29) is 17.7 Å². The summed E-state index contributed by atoms with van der Waals surface area (Å²) in [6.07, 6.45) is 3.82. The van der Waals surface area contributed by atoms with Gasteiger partial charge in [0.25, 0.3) is 5.91 Å². The predicted octanol–water partition coefficient (Wildman–Crippen LogP) is 4.92. The molecule has 2 aromatic heterocycles. The molecule has 0 radical (unpaired) electrons. The largest absolute Gasteiger partial charge is 0.383 e. The molecule has 164 valence electrons. The van der Waals surface area contributed by atoms with E-state index in [4.69, 9.17) is 5.73 Å². The number of nitrogen functional groups attached to an aromatic ring is 1. The summed E-state index contributed by atoms with van der Waals surface area (Å²) < 4.78 is 30.7. The number of amides is 1. The highest BCUT2D eigenvalue weighted by atomic mass is 79.9. The summed E-state index contributed by atoms with van der Waals surface area (Å²) in [5.74, 6) is -0.0422.